The minimum absolute atomic E-state index is 0.253. The summed E-state index contributed by atoms with van der Waals surface area (Å²) in [6, 6.07) is 6.61. The average molecular weight is 252 g/mol. The van der Waals surface area contributed by atoms with E-state index in [9.17, 15) is 4.39 Å². The van der Waals surface area contributed by atoms with Crippen molar-refractivity contribution in [2.45, 2.75) is 6.61 Å². The van der Waals surface area contributed by atoms with E-state index in [0.717, 1.165) is 5.69 Å². The van der Waals surface area contributed by atoms with Crippen LogP contribution in [0.3, 0.4) is 0 Å². The van der Waals surface area contributed by atoms with Gasteiger partial charge in [-0.25, -0.2) is 9.37 Å². The third-order valence-electron chi connectivity index (χ3n) is 2.17. The molecular formula is C12H13FN2OS. The van der Waals surface area contributed by atoms with Crippen molar-refractivity contribution in [3.8, 4) is 10.6 Å². The number of nitrogens with two attached hydrogens (primary N) is 1. The molecule has 5 heteroatoms. The Hall–Kier alpha value is -1.30. The number of hydrogen-bond donors (Lipinski definition) is 1. The molecule has 0 fully saturated rings. The van der Waals surface area contributed by atoms with Crippen LogP contribution in [-0.4, -0.2) is 18.1 Å². The lowest BCUT2D eigenvalue weighted by Gasteiger charge is -1.99. The molecule has 0 atom stereocenters. The normalized spacial score (nSPS) is 10.7. The lowest BCUT2D eigenvalue weighted by molar-refractivity contribution is 0.126. The Morgan fingerprint density at radius 3 is 2.94 bits per heavy atom. The molecule has 0 radical (unpaired) electrons. The Labute approximate surface area is 103 Å². The van der Waals surface area contributed by atoms with E-state index in [1.165, 1.54) is 17.4 Å². The highest BCUT2D eigenvalue weighted by atomic mass is 32.1. The van der Waals surface area contributed by atoms with Crippen molar-refractivity contribution >= 4 is 11.3 Å². The second-order valence-electron chi connectivity index (χ2n) is 3.47. The molecule has 0 bridgehead atoms. The van der Waals surface area contributed by atoms with Crippen LogP contribution in [0.2, 0.25) is 0 Å². The smallest absolute Gasteiger partial charge is 0.133 e. The van der Waals surface area contributed by atoms with Crippen LogP contribution in [0.5, 0.6) is 0 Å². The molecule has 1 aromatic heterocycles. The molecule has 0 aliphatic rings. The van der Waals surface area contributed by atoms with Gasteiger partial charge in [-0.05, 0) is 12.1 Å². The van der Waals surface area contributed by atoms with Gasteiger partial charge in [-0.15, -0.1) is 11.3 Å². The van der Waals surface area contributed by atoms with Gasteiger partial charge in [-0.1, -0.05) is 12.1 Å². The van der Waals surface area contributed by atoms with Crippen LogP contribution in [0.15, 0.2) is 29.6 Å². The van der Waals surface area contributed by atoms with E-state index in [4.69, 9.17) is 10.5 Å². The average Bonchev–Trinajstić information content (AvgIpc) is 2.79. The molecule has 1 heterocycles. The molecule has 0 saturated heterocycles. The van der Waals surface area contributed by atoms with Gasteiger partial charge in [0.15, 0.2) is 0 Å². The topological polar surface area (TPSA) is 48.1 Å². The van der Waals surface area contributed by atoms with Crippen LogP contribution in [0.1, 0.15) is 5.69 Å². The number of thiazole rings is 1. The van der Waals surface area contributed by atoms with Crippen molar-refractivity contribution in [1.29, 1.82) is 0 Å². The molecule has 2 N–H and O–H groups in total. The minimum Gasteiger partial charge on any atom is -0.374 e. The quantitative estimate of drug-likeness (QED) is 0.831. The summed E-state index contributed by atoms with van der Waals surface area (Å²) < 4.78 is 18.8. The number of nitrogens with zero attached hydrogens (tertiary/aromatic N) is 1. The Kier molecular flexibility index (Phi) is 4.19. The second kappa shape index (κ2) is 5.86. The van der Waals surface area contributed by atoms with Crippen LogP contribution in [0, 0.1) is 5.82 Å². The van der Waals surface area contributed by atoms with Gasteiger partial charge in [0.05, 0.1) is 18.9 Å². The van der Waals surface area contributed by atoms with Gasteiger partial charge >= 0.3 is 0 Å². The highest BCUT2D eigenvalue weighted by molar-refractivity contribution is 7.13. The van der Waals surface area contributed by atoms with E-state index in [2.05, 4.69) is 4.98 Å². The Morgan fingerprint density at radius 1 is 1.35 bits per heavy atom. The standard InChI is InChI=1S/C12H13FN2OS/c13-11-4-2-1-3-10(11)12-15-9(8-17-12)7-16-6-5-14/h1-4,8H,5-7,14H2. The van der Waals surface area contributed by atoms with Crippen LogP contribution < -0.4 is 5.73 Å². The van der Waals surface area contributed by atoms with Crippen molar-refractivity contribution in [2.75, 3.05) is 13.2 Å². The van der Waals surface area contributed by atoms with Crippen molar-refractivity contribution in [3.05, 3.63) is 41.2 Å². The summed E-state index contributed by atoms with van der Waals surface area (Å²) in [7, 11) is 0. The molecule has 90 valence electrons. The van der Waals surface area contributed by atoms with E-state index in [-0.39, 0.29) is 5.82 Å². The molecule has 3 nitrogen and oxygen atoms in total. The fourth-order valence-corrected chi connectivity index (χ4v) is 2.22. The van der Waals surface area contributed by atoms with E-state index >= 15 is 0 Å². The van der Waals surface area contributed by atoms with E-state index < -0.39 is 0 Å². The number of halogens is 1. The highest BCUT2D eigenvalue weighted by Gasteiger charge is 2.08. The molecule has 0 spiro atoms. The third kappa shape index (κ3) is 3.09. The Morgan fingerprint density at radius 2 is 2.18 bits per heavy atom. The Bertz CT molecular complexity index is 487. The zero-order chi connectivity index (χ0) is 12.1. The lowest BCUT2D eigenvalue weighted by Crippen LogP contribution is -2.08. The number of aromatic nitrogens is 1. The predicted molar refractivity (Wildman–Crippen MR) is 66.2 cm³/mol. The molecular weight excluding hydrogens is 239 g/mol. The molecule has 2 rings (SSSR count). The summed E-state index contributed by atoms with van der Waals surface area (Å²) in [5.41, 5.74) is 6.65. The second-order valence-corrected chi connectivity index (χ2v) is 4.32. The first-order valence-corrected chi connectivity index (χ1v) is 6.16. The number of rotatable bonds is 5. The molecule has 1 aromatic carbocycles. The lowest BCUT2D eigenvalue weighted by atomic mass is 10.2. The minimum atomic E-state index is -0.253. The molecule has 2 aromatic rings. The Balaban J connectivity index is 2.10. The van der Waals surface area contributed by atoms with Crippen LogP contribution in [-0.2, 0) is 11.3 Å². The van der Waals surface area contributed by atoms with Crippen molar-refractivity contribution in [3.63, 3.8) is 0 Å². The van der Waals surface area contributed by atoms with Gasteiger partial charge in [-0.3, -0.25) is 0 Å². The van der Waals surface area contributed by atoms with Gasteiger partial charge < -0.3 is 10.5 Å². The van der Waals surface area contributed by atoms with Gasteiger partial charge in [0.2, 0.25) is 0 Å². The first-order valence-electron chi connectivity index (χ1n) is 5.28. The summed E-state index contributed by atoms with van der Waals surface area (Å²) in [5, 5.41) is 2.55. The van der Waals surface area contributed by atoms with Crippen LogP contribution in [0.25, 0.3) is 10.6 Å². The van der Waals surface area contributed by atoms with Crippen LogP contribution in [0.4, 0.5) is 4.39 Å². The molecule has 0 aliphatic carbocycles. The van der Waals surface area contributed by atoms with E-state index in [1.54, 1.807) is 18.2 Å². The maximum absolute atomic E-state index is 13.5. The molecule has 0 amide bonds. The predicted octanol–water partition coefficient (Wildman–Crippen LogP) is 2.42. The molecule has 0 saturated carbocycles. The molecule has 0 unspecified atom stereocenters. The van der Waals surface area contributed by atoms with Crippen molar-refractivity contribution < 1.29 is 9.13 Å². The van der Waals surface area contributed by atoms with E-state index in [0.29, 0.717) is 30.3 Å². The number of benzene rings is 1. The van der Waals surface area contributed by atoms with Gasteiger partial charge in [0, 0.05) is 17.5 Å². The SMILES string of the molecule is NCCOCc1csc(-c2ccccc2F)n1. The van der Waals surface area contributed by atoms with Gasteiger partial charge in [-0.2, -0.15) is 0 Å². The van der Waals surface area contributed by atoms with Crippen LogP contribution >= 0.6 is 11.3 Å². The number of ether oxygens (including phenoxy) is 1. The van der Waals surface area contributed by atoms with Gasteiger partial charge in [0.1, 0.15) is 10.8 Å². The molecule has 17 heavy (non-hydrogen) atoms. The maximum atomic E-state index is 13.5. The summed E-state index contributed by atoms with van der Waals surface area (Å²) in [6.07, 6.45) is 0. The maximum Gasteiger partial charge on any atom is 0.133 e. The van der Waals surface area contributed by atoms with Gasteiger partial charge in [0.25, 0.3) is 0 Å². The zero-order valence-electron chi connectivity index (χ0n) is 9.23. The first kappa shape index (κ1) is 12.2. The summed E-state index contributed by atoms with van der Waals surface area (Å²) in [6.45, 7) is 1.42. The fraction of sp³-hybridized carbons (Fsp3) is 0.250. The summed E-state index contributed by atoms with van der Waals surface area (Å²) in [4.78, 5) is 4.33. The van der Waals surface area contributed by atoms with Crippen molar-refractivity contribution in [1.82, 2.24) is 4.98 Å². The third-order valence-corrected chi connectivity index (χ3v) is 3.09. The summed E-state index contributed by atoms with van der Waals surface area (Å²) >= 11 is 1.41. The largest absolute Gasteiger partial charge is 0.374 e. The summed E-state index contributed by atoms with van der Waals surface area (Å²) in [5.74, 6) is -0.253. The first-order chi connectivity index (χ1) is 8.31. The monoisotopic (exact) mass is 252 g/mol. The fourth-order valence-electron chi connectivity index (χ4n) is 1.39. The zero-order valence-corrected chi connectivity index (χ0v) is 10.0. The number of hydrogen-bond acceptors (Lipinski definition) is 4. The van der Waals surface area contributed by atoms with Crippen molar-refractivity contribution in [2.24, 2.45) is 5.73 Å². The van der Waals surface area contributed by atoms with E-state index in [1.807, 2.05) is 5.38 Å². The highest BCUT2D eigenvalue weighted by Crippen LogP contribution is 2.26. The molecule has 0 aliphatic heterocycles.